The molecule has 42 heavy (non-hydrogen) atoms. The zero-order valence-electron chi connectivity index (χ0n) is 23.3. The van der Waals surface area contributed by atoms with E-state index in [1.165, 1.54) is 10.5 Å². The number of alkyl halides is 3. The Morgan fingerprint density at radius 1 is 1.02 bits per heavy atom. The van der Waals surface area contributed by atoms with E-state index in [9.17, 15) is 21.6 Å². The maximum Gasteiger partial charge on any atom is 0.452 e. The minimum absolute atomic E-state index is 0.0306. The lowest BCUT2D eigenvalue weighted by atomic mass is 9.93. The van der Waals surface area contributed by atoms with E-state index in [4.69, 9.17) is 9.47 Å². The van der Waals surface area contributed by atoms with Crippen LogP contribution in [0.25, 0.3) is 5.65 Å². The third-order valence-corrected chi connectivity index (χ3v) is 9.72. The number of aryl methyl sites for hydroxylation is 3. The Morgan fingerprint density at radius 3 is 2.52 bits per heavy atom. The molecular weight excluding hydrogens is 573 g/mol. The van der Waals surface area contributed by atoms with Gasteiger partial charge in [0.15, 0.2) is 5.65 Å². The van der Waals surface area contributed by atoms with E-state index in [0.29, 0.717) is 54.9 Å². The highest BCUT2D eigenvalue weighted by molar-refractivity contribution is 7.89. The molecule has 1 spiro atoms. The summed E-state index contributed by atoms with van der Waals surface area (Å²) < 4.78 is 82.2. The van der Waals surface area contributed by atoms with E-state index < -0.39 is 27.6 Å². The van der Waals surface area contributed by atoms with Crippen LogP contribution in [0.1, 0.15) is 52.2 Å². The SMILES string of the molecule is Cc1cnc2c(c1)S(=O)(=O)N(Cc1cc(Cc3ccn4c(C(F)(F)F)nnc4c3C)cnc1C)CC1(CCOCC1)O2. The lowest BCUT2D eigenvalue weighted by Crippen LogP contribution is -2.50. The summed E-state index contributed by atoms with van der Waals surface area (Å²) in [6.07, 6.45) is 1.37. The molecule has 6 heterocycles. The number of ether oxygens (including phenoxy) is 2. The maximum atomic E-state index is 14.0. The minimum atomic E-state index is -4.62. The lowest BCUT2D eigenvalue weighted by molar-refractivity contribution is -0.145. The Balaban J connectivity index is 1.34. The predicted molar refractivity (Wildman–Crippen MR) is 144 cm³/mol. The molecule has 0 saturated carbocycles. The number of halogens is 3. The van der Waals surface area contributed by atoms with Gasteiger partial charge in [-0.15, -0.1) is 10.2 Å². The van der Waals surface area contributed by atoms with E-state index in [1.807, 2.05) is 13.0 Å². The van der Waals surface area contributed by atoms with Crippen LogP contribution in [0.3, 0.4) is 0 Å². The Hall–Kier alpha value is -3.62. The van der Waals surface area contributed by atoms with Gasteiger partial charge in [0.25, 0.3) is 0 Å². The van der Waals surface area contributed by atoms with Crippen molar-refractivity contribution in [3.63, 3.8) is 0 Å². The van der Waals surface area contributed by atoms with Crippen molar-refractivity contribution in [2.75, 3.05) is 19.8 Å². The molecule has 0 aromatic carbocycles. The summed E-state index contributed by atoms with van der Waals surface area (Å²) in [5.74, 6) is -0.982. The third kappa shape index (κ3) is 5.11. The molecule has 0 unspecified atom stereocenters. The van der Waals surface area contributed by atoms with E-state index in [2.05, 4.69) is 20.2 Å². The van der Waals surface area contributed by atoms with Crippen LogP contribution in [0.15, 0.2) is 41.7 Å². The van der Waals surface area contributed by atoms with Crippen molar-refractivity contribution in [2.45, 2.75) is 63.3 Å². The summed E-state index contributed by atoms with van der Waals surface area (Å²) in [6, 6.07) is 5.08. The topological polar surface area (TPSA) is 112 Å². The largest absolute Gasteiger partial charge is 0.468 e. The summed E-state index contributed by atoms with van der Waals surface area (Å²) in [5.41, 5.74) is 3.53. The second-order valence-corrected chi connectivity index (χ2v) is 12.8. The third-order valence-electron chi connectivity index (χ3n) is 7.94. The maximum absolute atomic E-state index is 14.0. The van der Waals surface area contributed by atoms with Gasteiger partial charge >= 0.3 is 6.18 Å². The summed E-state index contributed by atoms with van der Waals surface area (Å²) in [5, 5.41) is 7.10. The van der Waals surface area contributed by atoms with E-state index >= 15 is 0 Å². The first-order valence-electron chi connectivity index (χ1n) is 13.4. The number of sulfonamides is 1. The molecule has 4 aromatic heterocycles. The molecule has 0 radical (unpaired) electrons. The standard InChI is InChI=1S/C28H29F3N6O4S/c1-17-10-23-25(33-13-17)41-27(5-8-40-9-6-27)16-36(42(23,38)39)15-22-12-20(14-32-19(22)3)11-21-4-7-37-24(18(21)2)34-35-26(37)28(29,30)31/h4,7,10,12-14H,5-6,8-9,11,15-16H2,1-3H3. The van der Waals surface area contributed by atoms with Crippen LogP contribution in [-0.4, -0.2) is 62.6 Å². The lowest BCUT2D eigenvalue weighted by Gasteiger charge is -2.38. The molecule has 0 bridgehead atoms. The van der Waals surface area contributed by atoms with Crippen molar-refractivity contribution in [3.8, 4) is 5.88 Å². The molecule has 10 nitrogen and oxygen atoms in total. The molecule has 4 aromatic rings. The number of rotatable bonds is 4. The molecule has 6 rings (SSSR count). The van der Waals surface area contributed by atoms with Crippen LogP contribution >= 0.6 is 0 Å². The average Bonchev–Trinajstić information content (AvgIpc) is 3.36. The Bertz CT molecular complexity index is 1780. The molecule has 0 N–H and O–H groups in total. The van der Waals surface area contributed by atoms with Gasteiger partial charge in [-0.05, 0) is 67.1 Å². The van der Waals surface area contributed by atoms with Gasteiger partial charge in [-0.1, -0.05) is 6.07 Å². The molecule has 2 aliphatic rings. The average molecular weight is 603 g/mol. The summed E-state index contributed by atoms with van der Waals surface area (Å²) in [7, 11) is -3.98. The highest BCUT2D eigenvalue weighted by atomic mass is 32.2. The Kier molecular flexibility index (Phi) is 6.97. The molecule has 222 valence electrons. The first-order valence-corrected chi connectivity index (χ1v) is 14.9. The van der Waals surface area contributed by atoms with Crippen molar-refractivity contribution in [2.24, 2.45) is 0 Å². The van der Waals surface area contributed by atoms with E-state index in [1.54, 1.807) is 38.4 Å². The number of aromatic nitrogens is 5. The Labute approximate surface area is 240 Å². The van der Waals surface area contributed by atoms with Gasteiger partial charge in [0.2, 0.25) is 21.7 Å². The van der Waals surface area contributed by atoms with Crippen LogP contribution in [0, 0.1) is 20.8 Å². The summed E-state index contributed by atoms with van der Waals surface area (Å²) in [6.45, 7) is 6.38. The molecule has 0 aliphatic carbocycles. The zero-order valence-corrected chi connectivity index (χ0v) is 24.1. The fourth-order valence-electron chi connectivity index (χ4n) is 5.52. The van der Waals surface area contributed by atoms with E-state index in [0.717, 1.165) is 15.5 Å². The van der Waals surface area contributed by atoms with Gasteiger partial charge in [0.05, 0.1) is 19.8 Å². The van der Waals surface area contributed by atoms with Gasteiger partial charge in [0, 0.05) is 43.7 Å². The molecule has 0 amide bonds. The van der Waals surface area contributed by atoms with Crippen LogP contribution in [-0.2, 0) is 33.9 Å². The van der Waals surface area contributed by atoms with Crippen molar-refractivity contribution in [1.29, 1.82) is 0 Å². The van der Waals surface area contributed by atoms with Crippen LogP contribution < -0.4 is 4.74 Å². The van der Waals surface area contributed by atoms with E-state index in [-0.39, 0.29) is 29.5 Å². The summed E-state index contributed by atoms with van der Waals surface area (Å²) >= 11 is 0. The van der Waals surface area contributed by atoms with Gasteiger partial charge in [0.1, 0.15) is 10.5 Å². The fraction of sp³-hybridized carbons (Fsp3) is 0.429. The zero-order chi connectivity index (χ0) is 29.9. The predicted octanol–water partition coefficient (Wildman–Crippen LogP) is 4.19. The molecule has 1 fully saturated rings. The number of hydrogen-bond acceptors (Lipinski definition) is 8. The van der Waals surface area contributed by atoms with Crippen molar-refractivity contribution in [3.05, 3.63) is 76.1 Å². The highest BCUT2D eigenvalue weighted by Gasteiger charge is 2.45. The number of hydrogen-bond donors (Lipinski definition) is 0. The minimum Gasteiger partial charge on any atom is -0.468 e. The van der Waals surface area contributed by atoms with Gasteiger partial charge in [-0.25, -0.2) is 13.4 Å². The first-order chi connectivity index (χ1) is 19.9. The molecule has 2 aliphatic heterocycles. The quantitative estimate of drug-likeness (QED) is 0.342. The second-order valence-electron chi connectivity index (χ2n) is 10.9. The van der Waals surface area contributed by atoms with Gasteiger partial charge in [-0.2, -0.15) is 17.5 Å². The summed E-state index contributed by atoms with van der Waals surface area (Å²) in [4.78, 5) is 8.90. The monoisotopic (exact) mass is 602 g/mol. The van der Waals surface area contributed by atoms with Crippen molar-refractivity contribution >= 4 is 15.7 Å². The fourth-order valence-corrected chi connectivity index (χ4v) is 7.16. The number of nitrogens with zero attached hydrogens (tertiary/aromatic N) is 6. The van der Waals surface area contributed by atoms with Gasteiger partial charge in [-0.3, -0.25) is 9.38 Å². The molecule has 14 heteroatoms. The second kappa shape index (κ2) is 10.3. The van der Waals surface area contributed by atoms with Crippen LogP contribution in [0.5, 0.6) is 5.88 Å². The number of fused-ring (bicyclic) bond motifs is 2. The highest BCUT2D eigenvalue weighted by Crippen LogP contribution is 2.38. The first kappa shape index (κ1) is 28.5. The normalized spacial score (nSPS) is 18.5. The molecule has 0 atom stereocenters. The molecule has 1 saturated heterocycles. The van der Waals surface area contributed by atoms with Crippen LogP contribution in [0.2, 0.25) is 0 Å². The Morgan fingerprint density at radius 2 is 1.79 bits per heavy atom. The van der Waals surface area contributed by atoms with Gasteiger partial charge < -0.3 is 9.47 Å². The number of pyridine rings is 3. The smallest absolute Gasteiger partial charge is 0.452 e. The van der Waals surface area contributed by atoms with Crippen molar-refractivity contribution < 1.29 is 31.1 Å². The van der Waals surface area contributed by atoms with Crippen LogP contribution in [0.4, 0.5) is 13.2 Å². The molecular formula is C28H29F3N6O4S. The van der Waals surface area contributed by atoms with Crippen molar-refractivity contribution in [1.82, 2.24) is 28.9 Å².